The summed E-state index contributed by atoms with van der Waals surface area (Å²) >= 11 is 0. The maximum absolute atomic E-state index is 15.9. The molecule has 7 heterocycles. The molecule has 0 bridgehead atoms. The number of aliphatic hydroxyl groups is 1. The number of nitrogens with two attached hydrogens (primary N) is 1. The van der Waals surface area contributed by atoms with Crippen LogP contribution in [0.4, 0.5) is 10.2 Å². The summed E-state index contributed by atoms with van der Waals surface area (Å²) in [6.45, 7) is -0.0521. The second-order valence-corrected chi connectivity index (χ2v) is 13.8. The number of aromatic amines is 1. The highest BCUT2D eigenvalue weighted by Gasteiger charge is 2.53. The number of alkyl halides is 1. The molecule has 0 amide bonds. The second-order valence-electron chi connectivity index (χ2n) is 10.7. The minimum Gasteiger partial charge on any atom is -0.386 e. The van der Waals surface area contributed by atoms with Crippen molar-refractivity contribution in [2.75, 3.05) is 25.3 Å². The van der Waals surface area contributed by atoms with Gasteiger partial charge in [-0.2, -0.15) is 0 Å². The number of rotatable bonds is 2. The number of H-pyrrole nitrogens is 1. The molecule has 0 saturated carbocycles. The van der Waals surface area contributed by atoms with E-state index in [0.717, 1.165) is 17.2 Å². The lowest BCUT2D eigenvalue weighted by atomic mass is 10.1. The first-order valence-electron chi connectivity index (χ1n) is 13.5. The third kappa shape index (κ3) is 5.54. The molecule has 3 aliphatic rings. The van der Waals surface area contributed by atoms with Crippen LogP contribution < -0.4 is 11.3 Å². The molecule has 0 spiro atoms. The summed E-state index contributed by atoms with van der Waals surface area (Å²) in [5, 5.41) is 11.2. The number of imidazole rings is 2. The van der Waals surface area contributed by atoms with E-state index in [9.17, 15) is 28.8 Å². The van der Waals surface area contributed by atoms with Crippen LogP contribution >= 0.6 is 15.4 Å². The van der Waals surface area contributed by atoms with Crippen LogP contribution in [-0.4, -0.2) is 110 Å². The number of hydrogen-bond donors (Lipinski definition) is 5. The fraction of sp³-hybridized carbons (Fsp3) is 0.545. The van der Waals surface area contributed by atoms with Gasteiger partial charge in [-0.1, -0.05) is 0 Å². The normalized spacial score (nSPS) is 37.4. The molecule has 4 unspecified atom stereocenters. The lowest BCUT2D eigenvalue weighted by molar-refractivity contribution is -0.0591. The maximum atomic E-state index is 15.9. The van der Waals surface area contributed by atoms with E-state index in [1.807, 2.05) is 0 Å². The fourth-order valence-corrected chi connectivity index (χ4v) is 7.28. The zero-order valence-corrected chi connectivity index (χ0v) is 25.3. The van der Waals surface area contributed by atoms with Gasteiger partial charge in [0.2, 0.25) is 0 Å². The molecule has 46 heavy (non-hydrogen) atoms. The Balaban J connectivity index is 1.16. The summed E-state index contributed by atoms with van der Waals surface area (Å²) < 4.78 is 77.1. The van der Waals surface area contributed by atoms with E-state index in [-0.39, 0.29) is 34.0 Å². The fourth-order valence-electron chi connectivity index (χ4n) is 5.50. The van der Waals surface area contributed by atoms with Gasteiger partial charge in [0.05, 0.1) is 25.9 Å². The lowest BCUT2D eigenvalue weighted by Crippen LogP contribution is -2.36. The third-order valence-electron chi connectivity index (χ3n) is 7.59. The summed E-state index contributed by atoms with van der Waals surface area (Å²) in [6, 6.07) is 0. The Morgan fingerprint density at radius 1 is 0.978 bits per heavy atom. The van der Waals surface area contributed by atoms with Gasteiger partial charge in [-0.15, -0.1) is 0 Å². The largest absolute Gasteiger partial charge is 0.472 e. The Morgan fingerprint density at radius 3 is 2.43 bits per heavy atom. The molecule has 0 radical (unpaired) electrons. The zero-order valence-electron chi connectivity index (χ0n) is 23.5. The molecule has 4 aromatic heterocycles. The van der Waals surface area contributed by atoms with Gasteiger partial charge in [-0.25, -0.2) is 33.9 Å². The number of aromatic nitrogens is 8. The van der Waals surface area contributed by atoms with Crippen molar-refractivity contribution in [1.29, 1.82) is 0 Å². The maximum Gasteiger partial charge on any atom is 0.472 e. The number of nitrogen functional groups attached to an aromatic ring is 1. The minimum absolute atomic E-state index is 0.0217. The Bertz CT molecular complexity index is 1960. The quantitative estimate of drug-likeness (QED) is 0.164. The number of halogens is 1. The first-order chi connectivity index (χ1) is 21.8. The van der Waals surface area contributed by atoms with Crippen LogP contribution in [-0.2, 0) is 36.9 Å². The van der Waals surface area contributed by atoms with Crippen LogP contribution in [0.1, 0.15) is 18.3 Å². The van der Waals surface area contributed by atoms with E-state index >= 15 is 4.39 Å². The number of fused-ring (bicyclic) bond motifs is 4. The summed E-state index contributed by atoms with van der Waals surface area (Å²) in [7, 11) is -9.74. The Hall–Kier alpha value is -3.27. The molecular formula is C22H26FN9O12P2. The van der Waals surface area contributed by atoms with E-state index < -0.39 is 89.7 Å². The molecule has 4 aromatic rings. The summed E-state index contributed by atoms with van der Waals surface area (Å²) in [4.78, 5) is 56.1. The van der Waals surface area contributed by atoms with Gasteiger partial charge in [0, 0.05) is 0 Å². The van der Waals surface area contributed by atoms with Crippen molar-refractivity contribution >= 4 is 43.6 Å². The van der Waals surface area contributed by atoms with Gasteiger partial charge in [-0.3, -0.25) is 27.5 Å². The number of nitrogens with one attached hydrogen (secondary N) is 1. The van der Waals surface area contributed by atoms with Crippen LogP contribution in [0.2, 0.25) is 0 Å². The molecule has 24 heteroatoms. The number of ether oxygens (including phenoxy) is 3. The average molecular weight is 689 g/mol. The summed E-state index contributed by atoms with van der Waals surface area (Å²) in [6.07, 6.45) is -10.4. The van der Waals surface area contributed by atoms with Gasteiger partial charge < -0.3 is 44.3 Å². The van der Waals surface area contributed by atoms with Gasteiger partial charge >= 0.3 is 15.4 Å². The monoisotopic (exact) mass is 689 g/mol. The molecule has 3 aliphatic heterocycles. The van der Waals surface area contributed by atoms with Crippen LogP contribution in [0.25, 0.3) is 22.3 Å². The Kier molecular flexibility index (Phi) is 7.81. The summed E-state index contributed by atoms with van der Waals surface area (Å²) in [5.41, 5.74) is 5.46. The minimum atomic E-state index is -5.08. The van der Waals surface area contributed by atoms with Gasteiger partial charge in [0.1, 0.15) is 54.5 Å². The highest BCUT2D eigenvalue weighted by molar-refractivity contribution is 7.52. The van der Waals surface area contributed by atoms with Crippen LogP contribution in [0, 0.1) is 6.92 Å². The number of aliphatic hydroxyl groups excluding tert-OH is 1. The molecule has 6 N–H and O–H groups in total. The number of anilines is 1. The third-order valence-corrected chi connectivity index (χ3v) is 9.60. The predicted octanol–water partition coefficient (Wildman–Crippen LogP) is -0.596. The number of nitrogens with zero attached hydrogens (tertiary/aromatic N) is 7. The highest BCUT2D eigenvalue weighted by Crippen LogP contribution is 2.52. The van der Waals surface area contributed by atoms with Crippen molar-refractivity contribution in [3.05, 3.63) is 35.2 Å². The first kappa shape index (κ1) is 31.3. The number of hydrogen-bond acceptors (Lipinski definition) is 16. The van der Waals surface area contributed by atoms with Crippen molar-refractivity contribution in [2.24, 2.45) is 0 Å². The van der Waals surface area contributed by atoms with E-state index in [1.165, 1.54) is 17.8 Å². The van der Waals surface area contributed by atoms with Crippen molar-refractivity contribution in [2.45, 2.75) is 56.1 Å². The van der Waals surface area contributed by atoms with Crippen molar-refractivity contribution in [3.8, 4) is 0 Å². The van der Waals surface area contributed by atoms with Crippen LogP contribution in [0.3, 0.4) is 0 Å². The van der Waals surface area contributed by atoms with Crippen molar-refractivity contribution < 1.29 is 56.2 Å². The SMILES string of the molecule is Cc1nc2c(ncn2[C@@H]2O[C@@H]3COP(=O)(O)OC4[C@@H](COP(=O)(O)COC3[C@@H]2F)O[C@@H](n2cnc3c(N)ncnc32)[C@H]4O)c(=O)[nH]1. The highest BCUT2D eigenvalue weighted by atomic mass is 31.2. The molecular weight excluding hydrogens is 663 g/mol. The molecule has 3 fully saturated rings. The van der Waals surface area contributed by atoms with E-state index in [4.69, 9.17) is 33.5 Å². The Labute approximate surface area is 255 Å². The number of phosphoric acid groups is 1. The standard InChI is InChI=1S/C22H26FN9O12P2/c1-8-29-19-13(20(34)30-8)28-6-32(19)21-11(23)15-9(42-21)3-41-46(37,38)44-16-10(2-40-45(35,36)7-39-15)43-22(14(16)33)31-5-27-12-17(24)25-4-26-18(12)31/h4-6,9-11,14-16,21-22,33H,2-3,7H2,1H3,(H,35,36)(H,37,38)(H2,24,25,26)(H,29,30,34)/t9-,10-,11+,14+,15?,16?,21-,22-/m1/s1. The van der Waals surface area contributed by atoms with E-state index in [0.29, 0.717) is 0 Å². The molecule has 248 valence electrons. The lowest BCUT2D eigenvalue weighted by Gasteiger charge is -2.24. The molecule has 7 rings (SSSR count). The van der Waals surface area contributed by atoms with Crippen LogP contribution in [0.5, 0.6) is 0 Å². The molecule has 0 aliphatic carbocycles. The molecule has 21 nitrogen and oxygen atoms in total. The van der Waals surface area contributed by atoms with Gasteiger partial charge in [-0.05, 0) is 6.92 Å². The van der Waals surface area contributed by atoms with E-state index in [1.54, 1.807) is 0 Å². The summed E-state index contributed by atoms with van der Waals surface area (Å²) in [5.74, 6) is 0.253. The first-order valence-corrected chi connectivity index (χ1v) is 16.8. The molecule has 10 atom stereocenters. The second kappa shape index (κ2) is 11.5. The number of phosphoric ester groups is 1. The molecule has 0 aromatic carbocycles. The zero-order chi connectivity index (χ0) is 32.5. The van der Waals surface area contributed by atoms with Gasteiger partial charge in [0.15, 0.2) is 41.3 Å². The average Bonchev–Trinajstić information content (AvgIpc) is 3.75. The molecule has 3 saturated heterocycles. The van der Waals surface area contributed by atoms with Crippen LogP contribution in [0.15, 0.2) is 23.8 Å². The Morgan fingerprint density at radius 2 is 1.65 bits per heavy atom. The van der Waals surface area contributed by atoms with Crippen molar-refractivity contribution in [1.82, 2.24) is 39.0 Å². The topological polar surface area (TPSA) is 283 Å². The number of aryl methyl sites for hydroxylation is 1. The van der Waals surface area contributed by atoms with Crippen molar-refractivity contribution in [3.63, 3.8) is 0 Å². The smallest absolute Gasteiger partial charge is 0.386 e. The predicted molar refractivity (Wildman–Crippen MR) is 148 cm³/mol. The van der Waals surface area contributed by atoms with Gasteiger partial charge in [0.25, 0.3) is 5.56 Å². The van der Waals surface area contributed by atoms with E-state index in [2.05, 4.69) is 29.9 Å².